The topological polar surface area (TPSA) is 12.0 Å². The second-order valence-electron chi connectivity index (χ2n) is 5.49. The van der Waals surface area contributed by atoms with Crippen molar-refractivity contribution >= 4 is 0 Å². The molecule has 0 heterocycles. The number of hydrogen-bond donors (Lipinski definition) is 1. The Balaban J connectivity index is 2.44. The van der Waals surface area contributed by atoms with Crippen LogP contribution in [-0.4, -0.2) is 12.6 Å². The van der Waals surface area contributed by atoms with Gasteiger partial charge in [-0.3, -0.25) is 0 Å². The summed E-state index contributed by atoms with van der Waals surface area (Å²) in [5.41, 5.74) is 0.464. The van der Waals surface area contributed by atoms with Gasteiger partial charge in [0.25, 0.3) is 0 Å². The van der Waals surface area contributed by atoms with Crippen molar-refractivity contribution in [3.63, 3.8) is 0 Å². The lowest BCUT2D eigenvalue weighted by Gasteiger charge is -2.39. The molecular weight excluding hydrogens is 170 g/mol. The number of hydrogen-bond acceptors (Lipinski definition) is 1. The summed E-state index contributed by atoms with van der Waals surface area (Å²) >= 11 is 0. The van der Waals surface area contributed by atoms with E-state index in [1.807, 2.05) is 0 Å². The van der Waals surface area contributed by atoms with Crippen molar-refractivity contribution < 1.29 is 0 Å². The van der Waals surface area contributed by atoms with E-state index >= 15 is 0 Å². The maximum Gasteiger partial charge on any atom is 0.0121 e. The summed E-state index contributed by atoms with van der Waals surface area (Å²) in [6.07, 6.45) is 7.09. The van der Waals surface area contributed by atoms with Gasteiger partial charge >= 0.3 is 0 Å². The lowest BCUT2D eigenvalue weighted by molar-refractivity contribution is 0.165. The second-order valence-corrected chi connectivity index (χ2v) is 5.49. The average Bonchev–Trinajstić information content (AvgIpc) is 2.09. The smallest absolute Gasteiger partial charge is 0.0121 e. The molecule has 0 amide bonds. The van der Waals surface area contributed by atoms with E-state index in [-0.39, 0.29) is 0 Å². The van der Waals surface area contributed by atoms with Crippen LogP contribution in [0.1, 0.15) is 59.8 Å². The van der Waals surface area contributed by atoms with E-state index in [0.29, 0.717) is 5.41 Å². The van der Waals surface area contributed by atoms with Crippen molar-refractivity contribution in [2.45, 2.75) is 65.8 Å². The fourth-order valence-electron chi connectivity index (χ4n) is 2.23. The Morgan fingerprint density at radius 2 is 1.93 bits per heavy atom. The van der Waals surface area contributed by atoms with Crippen LogP contribution in [0.2, 0.25) is 0 Å². The van der Waals surface area contributed by atoms with E-state index in [9.17, 15) is 0 Å². The van der Waals surface area contributed by atoms with Crippen LogP contribution >= 0.6 is 0 Å². The third-order valence-corrected chi connectivity index (χ3v) is 4.10. The van der Waals surface area contributed by atoms with Crippen LogP contribution in [0.4, 0.5) is 0 Å². The highest BCUT2D eigenvalue weighted by Crippen LogP contribution is 2.36. The van der Waals surface area contributed by atoms with E-state index < -0.39 is 0 Å². The molecule has 0 aliphatic heterocycles. The predicted molar refractivity (Wildman–Crippen MR) is 63.5 cm³/mol. The van der Waals surface area contributed by atoms with E-state index in [2.05, 4.69) is 33.0 Å². The number of rotatable bonds is 6. The predicted octanol–water partition coefficient (Wildman–Crippen LogP) is 3.59. The average molecular weight is 197 g/mol. The first kappa shape index (κ1) is 12.0. The maximum atomic E-state index is 3.67. The van der Waals surface area contributed by atoms with Gasteiger partial charge in [0.1, 0.15) is 0 Å². The molecule has 1 atom stereocenters. The highest BCUT2D eigenvalue weighted by atomic mass is 14.9. The van der Waals surface area contributed by atoms with Crippen LogP contribution in [0.5, 0.6) is 0 Å². The van der Waals surface area contributed by atoms with Gasteiger partial charge in [0.2, 0.25) is 0 Å². The molecule has 1 unspecified atom stereocenters. The minimum atomic E-state index is 0.464. The first-order valence-corrected chi connectivity index (χ1v) is 6.33. The Bertz CT molecular complexity index is 159. The zero-order valence-corrected chi connectivity index (χ0v) is 10.4. The Labute approximate surface area is 89.7 Å². The van der Waals surface area contributed by atoms with Gasteiger partial charge in [0.05, 0.1) is 0 Å². The van der Waals surface area contributed by atoms with Gasteiger partial charge in [-0.15, -0.1) is 0 Å². The first-order chi connectivity index (χ1) is 6.60. The summed E-state index contributed by atoms with van der Waals surface area (Å²) in [5.74, 6) is 1.02. The molecule has 14 heavy (non-hydrogen) atoms. The first-order valence-electron chi connectivity index (χ1n) is 6.33. The molecule has 1 rings (SSSR count). The summed E-state index contributed by atoms with van der Waals surface area (Å²) in [5, 5.41) is 3.67. The van der Waals surface area contributed by atoms with Crippen molar-refractivity contribution in [3.8, 4) is 0 Å². The van der Waals surface area contributed by atoms with Crippen molar-refractivity contribution in [2.75, 3.05) is 6.54 Å². The molecular formula is C13H27N. The standard InChI is InChI=1S/C13H27N/c1-5-13(3,4)12(14-6-2)10-11-8-7-9-11/h11-12,14H,5-10H2,1-4H3. The molecule has 1 heteroatoms. The molecule has 0 saturated heterocycles. The number of nitrogens with one attached hydrogen (secondary N) is 1. The summed E-state index contributed by atoms with van der Waals surface area (Å²) in [6.45, 7) is 10.4. The molecule has 0 radical (unpaired) electrons. The van der Waals surface area contributed by atoms with E-state index in [1.54, 1.807) is 0 Å². The molecule has 1 saturated carbocycles. The van der Waals surface area contributed by atoms with Crippen molar-refractivity contribution in [2.24, 2.45) is 11.3 Å². The van der Waals surface area contributed by atoms with Gasteiger partial charge in [0, 0.05) is 6.04 Å². The monoisotopic (exact) mass is 197 g/mol. The van der Waals surface area contributed by atoms with E-state index in [1.165, 1.54) is 32.1 Å². The molecule has 0 aromatic rings. The van der Waals surface area contributed by atoms with Gasteiger partial charge < -0.3 is 5.32 Å². The van der Waals surface area contributed by atoms with Crippen molar-refractivity contribution in [1.29, 1.82) is 0 Å². The highest BCUT2D eigenvalue weighted by Gasteiger charge is 2.31. The molecule has 0 aromatic carbocycles. The van der Waals surface area contributed by atoms with Gasteiger partial charge in [-0.1, -0.05) is 47.0 Å². The van der Waals surface area contributed by atoms with Crippen LogP contribution in [-0.2, 0) is 0 Å². The summed E-state index contributed by atoms with van der Waals surface area (Å²) < 4.78 is 0. The van der Waals surface area contributed by atoms with Crippen LogP contribution < -0.4 is 5.32 Å². The molecule has 84 valence electrons. The van der Waals surface area contributed by atoms with Gasteiger partial charge in [-0.05, 0) is 30.7 Å². The SMILES string of the molecule is CCNC(CC1CCC1)C(C)(C)CC. The van der Waals surface area contributed by atoms with Crippen LogP contribution in [0.25, 0.3) is 0 Å². The quantitative estimate of drug-likeness (QED) is 0.686. The van der Waals surface area contributed by atoms with E-state index in [4.69, 9.17) is 0 Å². The zero-order chi connectivity index (χ0) is 10.6. The molecule has 1 aliphatic rings. The Hall–Kier alpha value is -0.0400. The van der Waals surface area contributed by atoms with Crippen LogP contribution in [0.3, 0.4) is 0 Å². The highest BCUT2D eigenvalue weighted by molar-refractivity contribution is 4.86. The lowest BCUT2D eigenvalue weighted by atomic mass is 9.72. The Morgan fingerprint density at radius 3 is 2.29 bits per heavy atom. The van der Waals surface area contributed by atoms with Crippen LogP contribution in [0, 0.1) is 11.3 Å². The van der Waals surface area contributed by atoms with Crippen LogP contribution in [0.15, 0.2) is 0 Å². The molecule has 1 N–H and O–H groups in total. The fourth-order valence-corrected chi connectivity index (χ4v) is 2.23. The Kier molecular flexibility index (Phi) is 4.43. The molecule has 1 nitrogen and oxygen atoms in total. The molecule has 0 spiro atoms. The normalized spacial score (nSPS) is 20.6. The third kappa shape index (κ3) is 2.98. The largest absolute Gasteiger partial charge is 0.314 e. The minimum Gasteiger partial charge on any atom is -0.314 e. The second kappa shape index (κ2) is 5.16. The maximum absolute atomic E-state index is 3.67. The molecule has 1 fully saturated rings. The molecule has 1 aliphatic carbocycles. The Morgan fingerprint density at radius 1 is 1.29 bits per heavy atom. The van der Waals surface area contributed by atoms with Gasteiger partial charge in [-0.2, -0.15) is 0 Å². The summed E-state index contributed by atoms with van der Waals surface area (Å²) in [6, 6.07) is 0.725. The minimum absolute atomic E-state index is 0.464. The summed E-state index contributed by atoms with van der Waals surface area (Å²) in [7, 11) is 0. The fraction of sp³-hybridized carbons (Fsp3) is 1.00. The molecule has 0 aromatic heterocycles. The van der Waals surface area contributed by atoms with Gasteiger partial charge in [-0.25, -0.2) is 0 Å². The zero-order valence-electron chi connectivity index (χ0n) is 10.4. The molecule has 0 bridgehead atoms. The summed E-state index contributed by atoms with van der Waals surface area (Å²) in [4.78, 5) is 0. The van der Waals surface area contributed by atoms with Crippen molar-refractivity contribution in [1.82, 2.24) is 5.32 Å². The van der Waals surface area contributed by atoms with Gasteiger partial charge in [0.15, 0.2) is 0 Å². The van der Waals surface area contributed by atoms with E-state index in [0.717, 1.165) is 18.5 Å². The lowest BCUT2D eigenvalue weighted by Crippen LogP contribution is -2.43. The van der Waals surface area contributed by atoms with Crippen molar-refractivity contribution in [3.05, 3.63) is 0 Å². The third-order valence-electron chi connectivity index (χ3n) is 4.10.